The predicted octanol–water partition coefficient (Wildman–Crippen LogP) is 6.23. The van der Waals surface area contributed by atoms with E-state index in [1.165, 1.54) is 47.6 Å². The molecule has 3 aromatic carbocycles. The number of methoxy groups -OCH3 is 1. The lowest BCUT2D eigenvalue weighted by Crippen LogP contribution is -2.35. The molecular formula is C25H29NO. The Morgan fingerprint density at radius 2 is 1.78 bits per heavy atom. The summed E-state index contributed by atoms with van der Waals surface area (Å²) in [7, 11) is 1.75. The van der Waals surface area contributed by atoms with E-state index in [0.717, 1.165) is 5.75 Å². The van der Waals surface area contributed by atoms with E-state index >= 15 is 0 Å². The average Bonchev–Trinajstić information content (AvgIpc) is 2.73. The van der Waals surface area contributed by atoms with Gasteiger partial charge in [-0.25, -0.2) is 0 Å². The molecule has 0 bridgehead atoms. The molecule has 0 aliphatic heterocycles. The summed E-state index contributed by atoms with van der Waals surface area (Å²) in [5.41, 5.74) is 2.82. The summed E-state index contributed by atoms with van der Waals surface area (Å²) in [6.07, 6.45) is 5.01. The average molecular weight is 360 g/mol. The fourth-order valence-electron chi connectivity index (χ4n) is 4.61. The number of fused-ring (bicyclic) bond motifs is 1. The van der Waals surface area contributed by atoms with Crippen molar-refractivity contribution < 1.29 is 4.74 Å². The van der Waals surface area contributed by atoms with Crippen molar-refractivity contribution >= 4 is 10.8 Å². The minimum atomic E-state index is 0.352. The summed E-state index contributed by atoms with van der Waals surface area (Å²) >= 11 is 0. The van der Waals surface area contributed by atoms with Crippen LogP contribution in [0.5, 0.6) is 5.75 Å². The van der Waals surface area contributed by atoms with Crippen LogP contribution in [0, 0.1) is 0 Å². The Labute approximate surface area is 162 Å². The van der Waals surface area contributed by atoms with E-state index in [-0.39, 0.29) is 0 Å². The fourth-order valence-corrected chi connectivity index (χ4v) is 4.61. The summed E-state index contributed by atoms with van der Waals surface area (Å²) in [6, 6.07) is 24.9. The van der Waals surface area contributed by atoms with E-state index in [0.29, 0.717) is 18.0 Å². The van der Waals surface area contributed by atoms with Gasteiger partial charge in [-0.2, -0.15) is 0 Å². The Bertz CT molecular complexity index is 898. The van der Waals surface area contributed by atoms with Gasteiger partial charge in [0.25, 0.3) is 0 Å². The van der Waals surface area contributed by atoms with Crippen LogP contribution in [0.25, 0.3) is 10.8 Å². The molecular weight excluding hydrogens is 330 g/mol. The highest BCUT2D eigenvalue weighted by Gasteiger charge is 2.25. The molecule has 0 heterocycles. The molecule has 2 unspecified atom stereocenters. The van der Waals surface area contributed by atoms with Gasteiger partial charge in [-0.15, -0.1) is 0 Å². The van der Waals surface area contributed by atoms with Crippen LogP contribution in [-0.2, 0) is 0 Å². The van der Waals surface area contributed by atoms with Crippen LogP contribution in [0.15, 0.2) is 66.7 Å². The maximum absolute atomic E-state index is 5.42. The zero-order valence-electron chi connectivity index (χ0n) is 16.3. The number of hydrogen-bond acceptors (Lipinski definition) is 2. The zero-order valence-corrected chi connectivity index (χ0v) is 16.3. The largest absolute Gasteiger partial charge is 0.497 e. The molecule has 0 spiro atoms. The SMILES string of the molecule is COc1cccc(C2CCCC(N[C@H](C)c3cccc4ccccc34)C2)c1. The van der Waals surface area contributed by atoms with Gasteiger partial charge in [0.2, 0.25) is 0 Å². The third kappa shape index (κ3) is 4.01. The molecule has 3 aromatic rings. The lowest BCUT2D eigenvalue weighted by atomic mass is 9.81. The molecule has 1 fully saturated rings. The first kappa shape index (κ1) is 18.1. The van der Waals surface area contributed by atoms with Gasteiger partial charge in [0, 0.05) is 12.1 Å². The molecule has 0 radical (unpaired) electrons. The van der Waals surface area contributed by atoms with Gasteiger partial charge < -0.3 is 10.1 Å². The number of ether oxygens (including phenoxy) is 1. The highest BCUT2D eigenvalue weighted by Crippen LogP contribution is 2.35. The van der Waals surface area contributed by atoms with Crippen LogP contribution in [0.2, 0.25) is 0 Å². The van der Waals surface area contributed by atoms with Gasteiger partial charge in [0.05, 0.1) is 7.11 Å². The number of benzene rings is 3. The molecule has 140 valence electrons. The third-order valence-electron chi connectivity index (χ3n) is 6.01. The van der Waals surface area contributed by atoms with Gasteiger partial charge in [-0.1, -0.05) is 61.0 Å². The molecule has 0 aromatic heterocycles. The lowest BCUT2D eigenvalue weighted by Gasteiger charge is -2.32. The molecule has 4 rings (SSSR count). The monoisotopic (exact) mass is 359 g/mol. The van der Waals surface area contributed by atoms with E-state index in [2.05, 4.69) is 72.9 Å². The van der Waals surface area contributed by atoms with Crippen LogP contribution in [0.1, 0.15) is 55.7 Å². The van der Waals surface area contributed by atoms with Crippen molar-refractivity contribution in [3.8, 4) is 5.75 Å². The number of nitrogens with one attached hydrogen (secondary N) is 1. The van der Waals surface area contributed by atoms with Gasteiger partial charge in [-0.05, 0) is 66.1 Å². The van der Waals surface area contributed by atoms with Crippen molar-refractivity contribution in [2.75, 3.05) is 7.11 Å². The quantitative estimate of drug-likeness (QED) is 0.583. The summed E-state index contributed by atoms with van der Waals surface area (Å²) in [5.74, 6) is 1.58. The Morgan fingerprint density at radius 1 is 0.963 bits per heavy atom. The number of rotatable bonds is 5. The van der Waals surface area contributed by atoms with E-state index in [1.807, 2.05) is 6.07 Å². The third-order valence-corrected chi connectivity index (χ3v) is 6.01. The number of hydrogen-bond donors (Lipinski definition) is 1. The molecule has 1 aliphatic rings. The van der Waals surface area contributed by atoms with E-state index in [9.17, 15) is 0 Å². The van der Waals surface area contributed by atoms with Crippen molar-refractivity contribution in [1.29, 1.82) is 0 Å². The van der Waals surface area contributed by atoms with Crippen molar-refractivity contribution in [3.05, 3.63) is 77.9 Å². The van der Waals surface area contributed by atoms with Crippen molar-refractivity contribution in [3.63, 3.8) is 0 Å². The summed E-state index contributed by atoms with van der Waals surface area (Å²) in [6.45, 7) is 2.30. The van der Waals surface area contributed by atoms with Gasteiger partial charge in [0.1, 0.15) is 5.75 Å². The minimum absolute atomic E-state index is 0.352. The van der Waals surface area contributed by atoms with Crippen molar-refractivity contribution in [1.82, 2.24) is 5.32 Å². The Morgan fingerprint density at radius 3 is 2.67 bits per heavy atom. The second-order valence-electron chi connectivity index (χ2n) is 7.79. The van der Waals surface area contributed by atoms with E-state index in [4.69, 9.17) is 4.74 Å². The molecule has 1 saturated carbocycles. The molecule has 1 aliphatic carbocycles. The molecule has 0 amide bonds. The van der Waals surface area contributed by atoms with Gasteiger partial charge >= 0.3 is 0 Å². The summed E-state index contributed by atoms with van der Waals surface area (Å²) < 4.78 is 5.42. The van der Waals surface area contributed by atoms with E-state index < -0.39 is 0 Å². The maximum Gasteiger partial charge on any atom is 0.119 e. The first-order valence-electron chi connectivity index (χ1n) is 10.1. The molecule has 1 N–H and O–H groups in total. The van der Waals surface area contributed by atoms with E-state index in [1.54, 1.807) is 7.11 Å². The Balaban J connectivity index is 1.48. The summed E-state index contributed by atoms with van der Waals surface area (Å²) in [4.78, 5) is 0. The van der Waals surface area contributed by atoms with Crippen LogP contribution in [0.4, 0.5) is 0 Å². The van der Waals surface area contributed by atoms with Gasteiger partial charge in [-0.3, -0.25) is 0 Å². The normalized spacial score (nSPS) is 21.1. The van der Waals surface area contributed by atoms with Crippen LogP contribution < -0.4 is 10.1 Å². The standard InChI is InChI=1S/C25H29NO/c1-18(24-15-7-9-19-8-3-4-14-25(19)24)26-22-12-5-10-20(16-22)21-11-6-13-23(17-21)27-2/h3-4,6-9,11,13-15,17-18,20,22,26H,5,10,12,16H2,1-2H3/t18-,20?,22?/m1/s1. The Hall–Kier alpha value is -2.32. The van der Waals surface area contributed by atoms with Crippen LogP contribution in [-0.4, -0.2) is 13.2 Å². The molecule has 0 saturated heterocycles. The minimum Gasteiger partial charge on any atom is -0.497 e. The molecule has 2 heteroatoms. The smallest absolute Gasteiger partial charge is 0.119 e. The van der Waals surface area contributed by atoms with Crippen LogP contribution >= 0.6 is 0 Å². The van der Waals surface area contributed by atoms with Gasteiger partial charge in [0.15, 0.2) is 0 Å². The van der Waals surface area contributed by atoms with Crippen LogP contribution in [0.3, 0.4) is 0 Å². The highest BCUT2D eigenvalue weighted by molar-refractivity contribution is 5.86. The maximum atomic E-state index is 5.42. The first-order chi connectivity index (χ1) is 13.2. The second kappa shape index (κ2) is 8.14. The zero-order chi connectivity index (χ0) is 18.6. The Kier molecular flexibility index (Phi) is 5.45. The first-order valence-corrected chi connectivity index (χ1v) is 10.1. The lowest BCUT2D eigenvalue weighted by molar-refractivity contribution is 0.318. The summed E-state index contributed by atoms with van der Waals surface area (Å²) in [5, 5.41) is 6.61. The molecule has 2 nitrogen and oxygen atoms in total. The van der Waals surface area contributed by atoms with Crippen molar-refractivity contribution in [2.45, 2.75) is 50.6 Å². The predicted molar refractivity (Wildman–Crippen MR) is 113 cm³/mol. The topological polar surface area (TPSA) is 21.3 Å². The highest BCUT2D eigenvalue weighted by atomic mass is 16.5. The van der Waals surface area contributed by atoms with Crippen molar-refractivity contribution in [2.24, 2.45) is 0 Å². The second-order valence-corrected chi connectivity index (χ2v) is 7.79. The molecule has 3 atom stereocenters. The molecule has 27 heavy (non-hydrogen) atoms. The fraction of sp³-hybridized carbons (Fsp3) is 0.360.